The normalized spacial score (nSPS) is 12.4. The van der Waals surface area contributed by atoms with Gasteiger partial charge in [0, 0.05) is 11.3 Å². The minimum absolute atomic E-state index is 0.302. The fraction of sp³-hybridized carbons (Fsp3) is 0.161. The quantitative estimate of drug-likeness (QED) is 0.232. The van der Waals surface area contributed by atoms with Gasteiger partial charge in [0.25, 0.3) is 5.91 Å². The number of anilines is 1. The molecule has 0 bridgehead atoms. The Morgan fingerprint density at radius 2 is 1.16 bits per heavy atom. The smallest absolute Gasteiger partial charge is 0.320 e. The number of benzene rings is 4. The average molecular weight is 494 g/mol. The first-order valence-corrected chi connectivity index (χ1v) is 12.4. The lowest BCUT2D eigenvalue weighted by molar-refractivity contribution is -0.0190. The molecule has 0 aliphatic rings. The first-order chi connectivity index (χ1) is 18.1. The Kier molecular flexibility index (Phi) is 9.05. The van der Waals surface area contributed by atoms with Crippen LogP contribution in [0.4, 0.5) is 10.5 Å². The second kappa shape index (κ2) is 13.0. The molecular weight excluding hydrogens is 462 g/mol. The van der Waals surface area contributed by atoms with Crippen LogP contribution in [0.15, 0.2) is 121 Å². The number of ether oxygens (including phenoxy) is 1. The van der Waals surface area contributed by atoms with Gasteiger partial charge in [-0.3, -0.25) is 4.79 Å². The van der Waals surface area contributed by atoms with Crippen LogP contribution in [0.25, 0.3) is 0 Å². The van der Waals surface area contributed by atoms with Crippen LogP contribution in [0.5, 0.6) is 0 Å². The lowest BCUT2D eigenvalue weighted by Gasteiger charge is -2.32. The van der Waals surface area contributed by atoms with E-state index in [1.54, 1.807) is 36.4 Å². The largest absolute Gasteiger partial charge is 0.361 e. The number of nitrogens with one attached hydrogen (secondary N) is 3. The van der Waals surface area contributed by atoms with Gasteiger partial charge < -0.3 is 20.7 Å². The van der Waals surface area contributed by atoms with Gasteiger partial charge in [0.1, 0.15) is 12.3 Å². The second-order valence-corrected chi connectivity index (χ2v) is 8.57. The van der Waals surface area contributed by atoms with Gasteiger partial charge in [0.05, 0.1) is 6.10 Å². The minimum Gasteiger partial charge on any atom is -0.361 e. The van der Waals surface area contributed by atoms with E-state index in [4.69, 9.17) is 4.74 Å². The lowest BCUT2D eigenvalue weighted by Crippen LogP contribution is -2.56. The number of carbonyl (C=O) groups excluding carboxylic acids is 2. The Labute approximate surface area is 217 Å². The zero-order chi connectivity index (χ0) is 25.9. The molecule has 0 aliphatic carbocycles. The summed E-state index contributed by atoms with van der Waals surface area (Å²) in [6.45, 7) is 1.97. The van der Waals surface area contributed by atoms with E-state index >= 15 is 0 Å². The van der Waals surface area contributed by atoms with Crippen molar-refractivity contribution in [2.45, 2.75) is 31.7 Å². The number of urea groups is 1. The zero-order valence-electron chi connectivity index (χ0n) is 20.7. The predicted octanol–water partition coefficient (Wildman–Crippen LogP) is 6.15. The van der Waals surface area contributed by atoms with Crippen LogP contribution in [0.3, 0.4) is 0 Å². The standard InChI is InChI=1S/C31H31N3O3/c1-2-27(37-28(23-15-7-3-8-16-23)24-17-9-4-10-18-24)29(33-30(35)25-19-11-5-12-20-25)34-31(36)32-26-21-13-6-14-22-26/h3-22,27-29H,2H2,1H3,(H,33,35)(H2,32,34,36). The third kappa shape index (κ3) is 7.29. The first-order valence-electron chi connectivity index (χ1n) is 12.4. The van der Waals surface area contributed by atoms with Crippen LogP contribution in [-0.4, -0.2) is 24.2 Å². The molecule has 6 nitrogen and oxygen atoms in total. The highest BCUT2D eigenvalue weighted by molar-refractivity contribution is 5.95. The van der Waals surface area contributed by atoms with Crippen LogP contribution < -0.4 is 16.0 Å². The van der Waals surface area contributed by atoms with E-state index in [-0.39, 0.29) is 12.0 Å². The van der Waals surface area contributed by atoms with Crippen LogP contribution in [0.2, 0.25) is 0 Å². The van der Waals surface area contributed by atoms with E-state index in [0.29, 0.717) is 17.7 Å². The van der Waals surface area contributed by atoms with E-state index in [9.17, 15) is 9.59 Å². The number of carbonyl (C=O) groups is 2. The molecule has 4 rings (SSSR count). The highest BCUT2D eigenvalue weighted by Crippen LogP contribution is 2.28. The van der Waals surface area contributed by atoms with Crippen molar-refractivity contribution in [2.75, 3.05) is 5.32 Å². The first kappa shape index (κ1) is 25.7. The van der Waals surface area contributed by atoms with Gasteiger partial charge in [-0.05, 0) is 41.8 Å². The highest BCUT2D eigenvalue weighted by Gasteiger charge is 2.29. The number of hydrogen-bond donors (Lipinski definition) is 3. The molecule has 3 N–H and O–H groups in total. The second-order valence-electron chi connectivity index (χ2n) is 8.57. The minimum atomic E-state index is -0.795. The van der Waals surface area contributed by atoms with Crippen molar-refractivity contribution in [3.05, 3.63) is 138 Å². The molecule has 3 amide bonds. The topological polar surface area (TPSA) is 79.5 Å². The SMILES string of the molecule is CCC(OC(c1ccccc1)c1ccccc1)C(NC(=O)Nc1ccccc1)NC(=O)c1ccccc1. The predicted molar refractivity (Wildman–Crippen MR) is 146 cm³/mol. The summed E-state index contributed by atoms with van der Waals surface area (Å²) in [7, 11) is 0. The Balaban J connectivity index is 1.60. The van der Waals surface area contributed by atoms with Gasteiger partial charge in [-0.15, -0.1) is 0 Å². The summed E-state index contributed by atoms with van der Waals surface area (Å²) in [5, 5.41) is 8.72. The molecule has 0 fully saturated rings. The summed E-state index contributed by atoms with van der Waals surface area (Å²) >= 11 is 0. The van der Waals surface area contributed by atoms with Gasteiger partial charge >= 0.3 is 6.03 Å². The van der Waals surface area contributed by atoms with E-state index in [2.05, 4.69) is 16.0 Å². The maximum absolute atomic E-state index is 13.1. The molecule has 0 radical (unpaired) electrons. The maximum Gasteiger partial charge on any atom is 0.320 e. The summed E-state index contributed by atoms with van der Waals surface area (Å²) in [5.74, 6) is -0.302. The van der Waals surface area contributed by atoms with E-state index < -0.39 is 18.3 Å². The Morgan fingerprint density at radius 3 is 1.68 bits per heavy atom. The van der Waals surface area contributed by atoms with Crippen molar-refractivity contribution in [3.8, 4) is 0 Å². The Hall–Kier alpha value is -4.42. The fourth-order valence-electron chi connectivity index (χ4n) is 4.06. The van der Waals surface area contributed by atoms with Crippen molar-refractivity contribution in [1.29, 1.82) is 0 Å². The highest BCUT2D eigenvalue weighted by atomic mass is 16.5. The van der Waals surface area contributed by atoms with E-state index in [0.717, 1.165) is 11.1 Å². The van der Waals surface area contributed by atoms with Gasteiger partial charge in [-0.1, -0.05) is 104 Å². The molecule has 0 saturated carbocycles. The molecule has 4 aromatic rings. The number of hydrogen-bond acceptors (Lipinski definition) is 3. The molecule has 6 heteroatoms. The molecule has 0 spiro atoms. The van der Waals surface area contributed by atoms with Crippen LogP contribution in [0.1, 0.15) is 40.9 Å². The third-order valence-electron chi connectivity index (χ3n) is 5.93. The maximum atomic E-state index is 13.1. The zero-order valence-corrected chi connectivity index (χ0v) is 20.7. The third-order valence-corrected chi connectivity index (χ3v) is 5.93. The fourth-order valence-corrected chi connectivity index (χ4v) is 4.06. The van der Waals surface area contributed by atoms with Crippen LogP contribution >= 0.6 is 0 Å². The van der Waals surface area contributed by atoms with Crippen molar-refractivity contribution in [2.24, 2.45) is 0 Å². The van der Waals surface area contributed by atoms with Crippen molar-refractivity contribution in [1.82, 2.24) is 10.6 Å². The van der Waals surface area contributed by atoms with Gasteiger partial charge in [0.2, 0.25) is 0 Å². The van der Waals surface area contributed by atoms with Crippen molar-refractivity contribution in [3.63, 3.8) is 0 Å². The molecular formula is C31H31N3O3. The Morgan fingerprint density at radius 1 is 0.676 bits per heavy atom. The molecule has 0 aromatic heterocycles. The van der Waals surface area contributed by atoms with Crippen LogP contribution in [0, 0.1) is 0 Å². The van der Waals surface area contributed by atoms with Crippen molar-refractivity contribution >= 4 is 17.6 Å². The molecule has 2 unspecified atom stereocenters. The Bertz CT molecular complexity index is 1210. The molecule has 4 aromatic carbocycles. The number of amides is 3. The van der Waals surface area contributed by atoms with E-state index in [1.807, 2.05) is 91.9 Å². The average Bonchev–Trinajstić information content (AvgIpc) is 2.95. The molecule has 0 heterocycles. The summed E-state index contributed by atoms with van der Waals surface area (Å²) in [4.78, 5) is 26.1. The summed E-state index contributed by atoms with van der Waals surface area (Å²) in [5.41, 5.74) is 3.10. The molecule has 0 aliphatic heterocycles. The molecule has 2 atom stereocenters. The van der Waals surface area contributed by atoms with Gasteiger partial charge in [0.15, 0.2) is 0 Å². The number of para-hydroxylation sites is 1. The summed E-state index contributed by atoms with van der Waals surface area (Å²) < 4.78 is 6.66. The monoisotopic (exact) mass is 493 g/mol. The van der Waals surface area contributed by atoms with E-state index in [1.165, 1.54) is 0 Å². The molecule has 37 heavy (non-hydrogen) atoms. The van der Waals surface area contributed by atoms with Crippen molar-refractivity contribution < 1.29 is 14.3 Å². The molecule has 188 valence electrons. The summed E-state index contributed by atoms with van der Waals surface area (Å²) in [6.07, 6.45) is -1.17. The number of rotatable bonds is 10. The van der Waals surface area contributed by atoms with Gasteiger partial charge in [-0.2, -0.15) is 0 Å². The van der Waals surface area contributed by atoms with Crippen LogP contribution in [-0.2, 0) is 4.74 Å². The molecule has 0 saturated heterocycles. The van der Waals surface area contributed by atoms with Gasteiger partial charge in [-0.25, -0.2) is 4.79 Å². The lowest BCUT2D eigenvalue weighted by atomic mass is 10.0. The summed E-state index contributed by atoms with van der Waals surface area (Å²) in [6, 6.07) is 37.5.